The van der Waals surface area contributed by atoms with Gasteiger partial charge in [-0.05, 0) is 75.1 Å². The van der Waals surface area contributed by atoms with Crippen molar-refractivity contribution < 1.29 is 19.1 Å². The lowest BCUT2D eigenvalue weighted by atomic mass is 10.0. The highest BCUT2D eigenvalue weighted by molar-refractivity contribution is 7.10. The molecule has 1 aliphatic carbocycles. The lowest BCUT2D eigenvalue weighted by Gasteiger charge is -2.37. The molecule has 4 rings (SSSR count). The molecule has 1 aliphatic heterocycles. The summed E-state index contributed by atoms with van der Waals surface area (Å²) < 4.78 is 11.4. The molecule has 184 valence electrons. The van der Waals surface area contributed by atoms with Crippen LogP contribution < -0.4 is 14.8 Å². The van der Waals surface area contributed by atoms with Gasteiger partial charge in [0.05, 0.1) is 13.2 Å². The number of methoxy groups -OCH3 is 1. The number of nitrogens with one attached hydrogen (secondary N) is 1. The number of hydrogen-bond donors (Lipinski definition) is 1. The van der Waals surface area contributed by atoms with Crippen molar-refractivity contribution >= 4 is 23.3 Å². The Bertz CT molecular complexity index is 1010. The van der Waals surface area contributed by atoms with E-state index in [4.69, 9.17) is 9.47 Å². The molecule has 1 atom stereocenters. The van der Waals surface area contributed by atoms with Crippen LogP contribution in [0.25, 0.3) is 0 Å². The summed E-state index contributed by atoms with van der Waals surface area (Å²) in [7, 11) is 1.63. The molecule has 0 bridgehead atoms. The van der Waals surface area contributed by atoms with E-state index in [1.165, 1.54) is 4.88 Å². The zero-order chi connectivity index (χ0) is 24.3. The molecule has 2 aliphatic rings. The fraction of sp³-hybridized carbons (Fsp3) is 0.538. The van der Waals surface area contributed by atoms with Gasteiger partial charge in [0.2, 0.25) is 5.91 Å². The van der Waals surface area contributed by atoms with Crippen LogP contribution >= 0.6 is 11.3 Å². The molecule has 1 unspecified atom stereocenters. The fourth-order valence-electron chi connectivity index (χ4n) is 4.23. The number of amides is 3. The van der Waals surface area contributed by atoms with Gasteiger partial charge in [-0.25, -0.2) is 4.79 Å². The number of rotatable bonds is 8. The molecule has 0 radical (unpaired) electrons. The van der Waals surface area contributed by atoms with Gasteiger partial charge in [-0.2, -0.15) is 0 Å². The maximum atomic E-state index is 13.6. The highest BCUT2D eigenvalue weighted by Crippen LogP contribution is 2.35. The van der Waals surface area contributed by atoms with Gasteiger partial charge in [-0.1, -0.05) is 6.07 Å². The molecule has 0 saturated heterocycles. The predicted molar refractivity (Wildman–Crippen MR) is 134 cm³/mol. The Morgan fingerprint density at radius 3 is 2.68 bits per heavy atom. The van der Waals surface area contributed by atoms with E-state index in [9.17, 15) is 9.59 Å². The van der Waals surface area contributed by atoms with Crippen molar-refractivity contribution in [2.75, 3.05) is 33.4 Å². The third-order valence-corrected chi connectivity index (χ3v) is 7.13. The van der Waals surface area contributed by atoms with Crippen LogP contribution in [0.4, 0.5) is 4.79 Å². The summed E-state index contributed by atoms with van der Waals surface area (Å²) in [5.41, 5.74) is 0.784. The number of benzene rings is 1. The zero-order valence-electron chi connectivity index (χ0n) is 20.5. The van der Waals surface area contributed by atoms with Gasteiger partial charge in [-0.3, -0.25) is 4.79 Å². The van der Waals surface area contributed by atoms with E-state index in [-0.39, 0.29) is 30.1 Å². The standard InChI is InChI=1S/C26H35N3O4S/c1-26(2,3)27-25(31)28(15-18-8-9-18)16-24(30)29-12-10-23-21(11-13-34-23)22(29)17-33-20-7-5-6-19(14-20)32-4/h5-7,11,13-14,18,22H,8-10,12,15-17H2,1-4H3,(H,27,31). The molecule has 1 aromatic heterocycles. The van der Waals surface area contributed by atoms with Crippen molar-refractivity contribution in [1.82, 2.24) is 15.1 Å². The molecular formula is C26H35N3O4S. The first-order valence-electron chi connectivity index (χ1n) is 11.9. The Hall–Kier alpha value is -2.74. The van der Waals surface area contributed by atoms with Crippen LogP contribution in [0.15, 0.2) is 35.7 Å². The van der Waals surface area contributed by atoms with Gasteiger partial charge in [-0.15, -0.1) is 11.3 Å². The molecule has 1 aromatic carbocycles. The van der Waals surface area contributed by atoms with E-state index < -0.39 is 0 Å². The first kappa shape index (κ1) is 24.4. The summed E-state index contributed by atoms with van der Waals surface area (Å²) in [4.78, 5) is 31.4. The number of carbonyl (C=O) groups excluding carboxylic acids is 2. The normalized spacial score (nSPS) is 17.6. The number of urea groups is 1. The Kier molecular flexibility index (Phi) is 7.36. The largest absolute Gasteiger partial charge is 0.497 e. The molecule has 2 heterocycles. The van der Waals surface area contributed by atoms with Gasteiger partial charge < -0.3 is 24.6 Å². The Morgan fingerprint density at radius 2 is 1.97 bits per heavy atom. The third-order valence-electron chi connectivity index (χ3n) is 6.14. The average Bonchev–Trinajstić information content (AvgIpc) is 3.48. The van der Waals surface area contributed by atoms with Crippen molar-refractivity contribution in [3.05, 3.63) is 46.2 Å². The number of hydrogen-bond acceptors (Lipinski definition) is 5. The minimum absolute atomic E-state index is 0.0409. The maximum Gasteiger partial charge on any atom is 0.318 e. The second kappa shape index (κ2) is 10.3. The van der Waals surface area contributed by atoms with Gasteiger partial charge in [0.25, 0.3) is 0 Å². The molecule has 1 N–H and O–H groups in total. The molecule has 2 aromatic rings. The van der Waals surface area contributed by atoms with Crippen molar-refractivity contribution in [3.63, 3.8) is 0 Å². The number of fused-ring (bicyclic) bond motifs is 1. The first-order valence-corrected chi connectivity index (χ1v) is 12.8. The van der Waals surface area contributed by atoms with Gasteiger partial charge in [0.1, 0.15) is 24.7 Å². The quantitative estimate of drug-likeness (QED) is 0.598. The second-order valence-corrected chi connectivity index (χ2v) is 11.1. The maximum absolute atomic E-state index is 13.6. The van der Waals surface area contributed by atoms with Gasteiger partial charge in [0.15, 0.2) is 0 Å². The van der Waals surface area contributed by atoms with E-state index in [0.29, 0.717) is 31.4 Å². The summed E-state index contributed by atoms with van der Waals surface area (Å²) in [5, 5.41) is 5.10. The average molecular weight is 486 g/mol. The molecule has 8 heteroatoms. The topological polar surface area (TPSA) is 71.1 Å². The summed E-state index contributed by atoms with van der Waals surface area (Å²) in [6.45, 7) is 7.53. The van der Waals surface area contributed by atoms with E-state index in [2.05, 4.69) is 16.8 Å². The molecule has 0 spiro atoms. The van der Waals surface area contributed by atoms with Crippen LogP contribution in [0.5, 0.6) is 11.5 Å². The summed E-state index contributed by atoms with van der Waals surface area (Å²) in [6.07, 6.45) is 3.06. The van der Waals surface area contributed by atoms with Crippen LogP contribution in [0.1, 0.15) is 50.1 Å². The number of thiophene rings is 1. The smallest absolute Gasteiger partial charge is 0.318 e. The van der Waals surface area contributed by atoms with Crippen molar-refractivity contribution in [2.24, 2.45) is 5.92 Å². The predicted octanol–water partition coefficient (Wildman–Crippen LogP) is 4.48. The summed E-state index contributed by atoms with van der Waals surface area (Å²) in [6, 6.07) is 9.22. The summed E-state index contributed by atoms with van der Waals surface area (Å²) >= 11 is 1.72. The third kappa shape index (κ3) is 6.23. The van der Waals surface area contributed by atoms with Crippen molar-refractivity contribution in [1.29, 1.82) is 0 Å². The molecular weight excluding hydrogens is 450 g/mol. The lowest BCUT2D eigenvalue weighted by Crippen LogP contribution is -2.53. The molecule has 1 fully saturated rings. The minimum atomic E-state index is -0.355. The van der Waals surface area contributed by atoms with E-state index >= 15 is 0 Å². The molecule has 7 nitrogen and oxygen atoms in total. The molecule has 34 heavy (non-hydrogen) atoms. The number of carbonyl (C=O) groups is 2. The highest BCUT2D eigenvalue weighted by Gasteiger charge is 2.35. The minimum Gasteiger partial charge on any atom is -0.497 e. The van der Waals surface area contributed by atoms with Gasteiger partial charge in [0, 0.05) is 29.6 Å². The van der Waals surface area contributed by atoms with Gasteiger partial charge >= 0.3 is 6.03 Å². The summed E-state index contributed by atoms with van der Waals surface area (Å²) in [5.74, 6) is 1.89. The number of ether oxygens (including phenoxy) is 2. The highest BCUT2D eigenvalue weighted by atomic mass is 32.1. The van der Waals surface area contributed by atoms with Crippen LogP contribution in [-0.2, 0) is 11.2 Å². The van der Waals surface area contributed by atoms with Crippen LogP contribution in [0.3, 0.4) is 0 Å². The SMILES string of the molecule is COc1cccc(OCC2c3ccsc3CCN2C(=O)CN(CC2CC2)C(=O)NC(C)(C)C)c1. The van der Waals surface area contributed by atoms with Crippen LogP contribution in [0.2, 0.25) is 0 Å². The van der Waals surface area contributed by atoms with Crippen LogP contribution in [0, 0.1) is 5.92 Å². The second-order valence-electron chi connectivity index (χ2n) is 10.1. The monoisotopic (exact) mass is 485 g/mol. The van der Waals surface area contributed by atoms with Crippen molar-refractivity contribution in [3.8, 4) is 11.5 Å². The van der Waals surface area contributed by atoms with Crippen LogP contribution in [-0.4, -0.2) is 60.6 Å². The fourth-order valence-corrected chi connectivity index (χ4v) is 5.15. The lowest BCUT2D eigenvalue weighted by molar-refractivity contribution is -0.135. The Balaban J connectivity index is 1.49. The molecule has 3 amide bonds. The Morgan fingerprint density at radius 1 is 1.21 bits per heavy atom. The number of nitrogens with zero attached hydrogens (tertiary/aromatic N) is 2. The first-order chi connectivity index (χ1) is 16.2. The van der Waals surface area contributed by atoms with Crippen molar-refractivity contribution in [2.45, 2.75) is 51.6 Å². The van der Waals surface area contributed by atoms with E-state index in [1.807, 2.05) is 49.9 Å². The van der Waals surface area contributed by atoms with E-state index in [0.717, 1.165) is 30.6 Å². The Labute approximate surface area is 206 Å². The zero-order valence-corrected chi connectivity index (χ0v) is 21.3. The van der Waals surface area contributed by atoms with E-state index in [1.54, 1.807) is 23.3 Å². The molecule has 1 saturated carbocycles.